The van der Waals surface area contributed by atoms with Gasteiger partial charge in [0.2, 0.25) is 0 Å². The maximum atomic E-state index is 12.6. The second-order valence-electron chi connectivity index (χ2n) is 8.28. The van der Waals surface area contributed by atoms with Crippen LogP contribution in [0.4, 0.5) is 0 Å². The number of hydrogen-bond donors (Lipinski definition) is 1. The summed E-state index contributed by atoms with van der Waals surface area (Å²) in [6.07, 6.45) is 0.562. The standard InChI is InChI=1S/C21H27BCl2N2O6/c1-13(2)8-14(22-31-19(28)6-7-26(3)12-20(29)32-22)9-16(27)11-25-21(30)17-10-15(23)4-5-18(17)24/h4-5,10,13-14H,6-9,11-12H2,1-3H3,(H,25,30)/t14-/m1/s1. The van der Waals surface area contributed by atoms with Crippen LogP contribution < -0.4 is 5.32 Å². The maximum Gasteiger partial charge on any atom is 0.602 e. The lowest BCUT2D eigenvalue weighted by molar-refractivity contribution is -0.139. The van der Waals surface area contributed by atoms with Gasteiger partial charge in [-0.25, -0.2) is 0 Å². The molecule has 1 heterocycles. The molecule has 0 aliphatic carbocycles. The lowest BCUT2D eigenvalue weighted by atomic mass is 9.65. The summed E-state index contributed by atoms with van der Waals surface area (Å²) in [5, 5.41) is 3.09. The average Bonchev–Trinajstić information content (AvgIpc) is 2.76. The molecule has 1 aliphatic heterocycles. The van der Waals surface area contributed by atoms with Gasteiger partial charge in [-0.15, -0.1) is 0 Å². The first-order valence-corrected chi connectivity index (χ1v) is 11.1. The van der Waals surface area contributed by atoms with Gasteiger partial charge in [0, 0.05) is 23.8 Å². The predicted molar refractivity (Wildman–Crippen MR) is 122 cm³/mol. The smallest absolute Gasteiger partial charge is 0.499 e. The van der Waals surface area contributed by atoms with Crippen LogP contribution in [0.15, 0.2) is 18.2 Å². The van der Waals surface area contributed by atoms with Crippen molar-refractivity contribution in [2.45, 2.75) is 38.9 Å². The molecule has 8 nitrogen and oxygen atoms in total. The molecule has 174 valence electrons. The van der Waals surface area contributed by atoms with E-state index in [2.05, 4.69) is 5.32 Å². The molecule has 1 aromatic carbocycles. The van der Waals surface area contributed by atoms with Crippen molar-refractivity contribution in [2.75, 3.05) is 26.7 Å². The van der Waals surface area contributed by atoms with Crippen molar-refractivity contribution in [3.05, 3.63) is 33.8 Å². The summed E-state index contributed by atoms with van der Waals surface area (Å²) < 4.78 is 10.8. The molecule has 32 heavy (non-hydrogen) atoms. The van der Waals surface area contributed by atoms with Crippen molar-refractivity contribution >= 4 is 53.9 Å². The Labute approximate surface area is 198 Å². The molecule has 0 radical (unpaired) electrons. The quantitative estimate of drug-likeness (QED) is 0.565. The van der Waals surface area contributed by atoms with Gasteiger partial charge < -0.3 is 14.6 Å². The first-order valence-electron chi connectivity index (χ1n) is 10.4. The SMILES string of the molecule is CC(C)C[C@H](CC(=O)CNC(=O)c1cc(Cl)ccc1Cl)B1OC(=O)CCN(C)CC(=O)O1. The number of halogens is 2. The number of hydrogen-bond acceptors (Lipinski definition) is 7. The first kappa shape index (κ1) is 26.2. The average molecular weight is 485 g/mol. The van der Waals surface area contributed by atoms with Gasteiger partial charge in [-0.05, 0) is 37.6 Å². The van der Waals surface area contributed by atoms with Crippen LogP contribution in [0.2, 0.25) is 15.9 Å². The Morgan fingerprint density at radius 3 is 2.56 bits per heavy atom. The number of likely N-dealkylation sites (N-methyl/N-ethyl adjacent to an activating group) is 1. The van der Waals surface area contributed by atoms with Gasteiger partial charge in [0.05, 0.1) is 30.1 Å². The molecular weight excluding hydrogens is 458 g/mol. The lowest BCUT2D eigenvalue weighted by Gasteiger charge is -2.23. The van der Waals surface area contributed by atoms with Crippen LogP contribution >= 0.6 is 23.2 Å². The van der Waals surface area contributed by atoms with E-state index in [-0.39, 0.29) is 48.2 Å². The third-order valence-electron chi connectivity index (χ3n) is 4.86. The number of amides is 1. The number of benzene rings is 1. The van der Waals surface area contributed by atoms with E-state index in [0.29, 0.717) is 18.0 Å². The summed E-state index contributed by atoms with van der Waals surface area (Å²) in [4.78, 5) is 51.0. The minimum absolute atomic E-state index is 0.0198. The van der Waals surface area contributed by atoms with E-state index in [9.17, 15) is 19.2 Å². The highest BCUT2D eigenvalue weighted by Crippen LogP contribution is 2.27. The second kappa shape index (κ2) is 12.2. The van der Waals surface area contributed by atoms with E-state index in [1.165, 1.54) is 12.1 Å². The van der Waals surface area contributed by atoms with Crippen LogP contribution in [0, 0.1) is 5.92 Å². The van der Waals surface area contributed by atoms with Crippen molar-refractivity contribution in [1.82, 2.24) is 10.2 Å². The molecule has 1 N–H and O–H groups in total. The Morgan fingerprint density at radius 2 is 1.88 bits per heavy atom. The third kappa shape index (κ3) is 8.45. The van der Waals surface area contributed by atoms with E-state index in [1.54, 1.807) is 18.0 Å². The summed E-state index contributed by atoms with van der Waals surface area (Å²) in [5.41, 5.74) is 0.161. The molecule has 0 unspecified atom stereocenters. The van der Waals surface area contributed by atoms with Gasteiger partial charge in [-0.3, -0.25) is 24.1 Å². The lowest BCUT2D eigenvalue weighted by Crippen LogP contribution is -2.38. The molecule has 1 saturated heterocycles. The summed E-state index contributed by atoms with van der Waals surface area (Å²) in [6, 6.07) is 4.47. The van der Waals surface area contributed by atoms with E-state index in [4.69, 9.17) is 32.5 Å². The molecule has 11 heteroatoms. The van der Waals surface area contributed by atoms with Crippen LogP contribution in [0.25, 0.3) is 0 Å². The predicted octanol–water partition coefficient (Wildman–Crippen LogP) is 3.01. The zero-order valence-corrected chi connectivity index (χ0v) is 19.9. The minimum atomic E-state index is -1.16. The maximum absolute atomic E-state index is 12.6. The van der Waals surface area contributed by atoms with Crippen LogP contribution in [-0.2, 0) is 23.7 Å². The van der Waals surface area contributed by atoms with E-state index in [1.807, 2.05) is 13.8 Å². The van der Waals surface area contributed by atoms with Gasteiger partial charge in [0.25, 0.3) is 11.9 Å². The Kier molecular flexibility index (Phi) is 10.00. The Balaban J connectivity index is 2.05. The van der Waals surface area contributed by atoms with Crippen molar-refractivity contribution in [1.29, 1.82) is 0 Å². The number of nitrogens with one attached hydrogen (secondary N) is 1. The van der Waals surface area contributed by atoms with Gasteiger partial charge in [-0.1, -0.05) is 37.0 Å². The number of rotatable bonds is 8. The van der Waals surface area contributed by atoms with Gasteiger partial charge in [0.1, 0.15) is 0 Å². The Morgan fingerprint density at radius 1 is 1.19 bits per heavy atom. The summed E-state index contributed by atoms with van der Waals surface area (Å²) >= 11 is 11.9. The van der Waals surface area contributed by atoms with Crippen LogP contribution in [0.5, 0.6) is 0 Å². The van der Waals surface area contributed by atoms with E-state index >= 15 is 0 Å². The fourth-order valence-corrected chi connectivity index (χ4v) is 3.74. The van der Waals surface area contributed by atoms with Crippen LogP contribution in [0.1, 0.15) is 43.5 Å². The highest BCUT2D eigenvalue weighted by Gasteiger charge is 2.40. The van der Waals surface area contributed by atoms with Crippen molar-refractivity contribution < 1.29 is 28.5 Å². The molecule has 1 fully saturated rings. The molecule has 2 rings (SSSR count). The molecule has 0 aromatic heterocycles. The van der Waals surface area contributed by atoms with Crippen LogP contribution in [0.3, 0.4) is 0 Å². The number of carbonyl (C=O) groups is 4. The minimum Gasteiger partial charge on any atom is -0.499 e. The topological polar surface area (TPSA) is 102 Å². The van der Waals surface area contributed by atoms with E-state index < -0.39 is 30.8 Å². The first-order chi connectivity index (χ1) is 15.0. The van der Waals surface area contributed by atoms with Crippen molar-refractivity contribution in [3.63, 3.8) is 0 Å². The third-order valence-corrected chi connectivity index (χ3v) is 5.42. The van der Waals surface area contributed by atoms with Crippen molar-refractivity contribution in [3.8, 4) is 0 Å². The molecule has 0 saturated carbocycles. The summed E-state index contributed by atoms with van der Waals surface area (Å²) in [6.45, 7) is 4.03. The number of ketones is 1. The highest BCUT2D eigenvalue weighted by molar-refractivity contribution is 6.51. The van der Waals surface area contributed by atoms with Gasteiger partial charge in [0.15, 0.2) is 5.78 Å². The fraction of sp³-hybridized carbons (Fsp3) is 0.524. The summed E-state index contributed by atoms with van der Waals surface area (Å²) in [5.74, 6) is -2.24. The number of carbonyl (C=O) groups excluding carboxylic acids is 4. The Hall–Kier alpha value is -2.10. The monoisotopic (exact) mass is 484 g/mol. The van der Waals surface area contributed by atoms with Gasteiger partial charge >= 0.3 is 13.1 Å². The number of Topliss-reactive ketones (excluding diaryl/α,β-unsaturated/α-hetero) is 1. The molecular formula is C21H27BCl2N2O6. The molecule has 0 spiro atoms. The molecule has 1 aliphatic rings. The molecule has 1 aromatic rings. The number of nitrogens with zero attached hydrogens (tertiary/aromatic N) is 1. The second-order valence-corrected chi connectivity index (χ2v) is 9.12. The van der Waals surface area contributed by atoms with Crippen molar-refractivity contribution in [2.24, 2.45) is 5.92 Å². The summed E-state index contributed by atoms with van der Waals surface area (Å²) in [7, 11) is 0.546. The zero-order chi connectivity index (χ0) is 23.8. The van der Waals surface area contributed by atoms with E-state index in [0.717, 1.165) is 0 Å². The zero-order valence-electron chi connectivity index (χ0n) is 18.4. The van der Waals surface area contributed by atoms with Gasteiger partial charge in [-0.2, -0.15) is 0 Å². The normalized spacial score (nSPS) is 16.5. The largest absolute Gasteiger partial charge is 0.602 e. The molecule has 0 bridgehead atoms. The van der Waals surface area contributed by atoms with Crippen LogP contribution in [-0.4, -0.2) is 62.3 Å². The molecule has 1 atom stereocenters. The Bertz CT molecular complexity index is 867. The fourth-order valence-electron chi connectivity index (χ4n) is 3.36. The highest BCUT2D eigenvalue weighted by atomic mass is 35.5. The molecule has 1 amide bonds.